The number of amides is 2. The lowest BCUT2D eigenvalue weighted by molar-refractivity contribution is 0.234. The van der Waals surface area contributed by atoms with Crippen LogP contribution in [0.3, 0.4) is 0 Å². The van der Waals surface area contributed by atoms with E-state index in [1.54, 1.807) is 18.2 Å². The molecule has 1 aromatic carbocycles. The van der Waals surface area contributed by atoms with Crippen molar-refractivity contribution in [3.63, 3.8) is 0 Å². The highest BCUT2D eigenvalue weighted by atomic mass is 32.2. The highest BCUT2D eigenvalue weighted by Crippen LogP contribution is 2.08. The first-order valence-electron chi connectivity index (χ1n) is 7.27. The Balaban J connectivity index is 2.58. The fourth-order valence-corrected chi connectivity index (χ4v) is 2.49. The summed E-state index contributed by atoms with van der Waals surface area (Å²) in [5.41, 5.74) is 1.54. The Morgan fingerprint density at radius 3 is 2.41 bits per heavy atom. The molecule has 1 unspecified atom stereocenters. The molecule has 0 saturated heterocycles. The zero-order chi connectivity index (χ0) is 16.8. The van der Waals surface area contributed by atoms with Crippen LogP contribution in [0.15, 0.2) is 24.3 Å². The number of urea groups is 1. The minimum absolute atomic E-state index is 0.0755. The number of hydrogen-bond donors (Lipinski definition) is 3. The number of sulfonamides is 1. The second kappa shape index (κ2) is 8.14. The lowest BCUT2D eigenvalue weighted by Gasteiger charge is -2.18. The molecule has 7 heteroatoms. The van der Waals surface area contributed by atoms with Crippen molar-refractivity contribution in [3.05, 3.63) is 35.4 Å². The van der Waals surface area contributed by atoms with Gasteiger partial charge in [0.2, 0.25) is 10.0 Å². The van der Waals surface area contributed by atoms with Gasteiger partial charge in [-0.25, -0.2) is 17.9 Å². The fraction of sp³-hybridized carbons (Fsp3) is 0.533. The summed E-state index contributed by atoms with van der Waals surface area (Å²) in [4.78, 5) is 11.8. The van der Waals surface area contributed by atoms with E-state index < -0.39 is 10.0 Å². The molecule has 0 aromatic heterocycles. The van der Waals surface area contributed by atoms with Gasteiger partial charge in [-0.2, -0.15) is 0 Å². The van der Waals surface area contributed by atoms with Crippen LogP contribution in [0.1, 0.15) is 31.9 Å². The van der Waals surface area contributed by atoms with E-state index in [1.165, 1.54) is 7.05 Å². The zero-order valence-electron chi connectivity index (χ0n) is 13.5. The van der Waals surface area contributed by atoms with E-state index in [0.29, 0.717) is 18.0 Å². The van der Waals surface area contributed by atoms with E-state index >= 15 is 0 Å². The molecule has 0 heterocycles. The molecule has 0 fully saturated rings. The molecule has 0 saturated carbocycles. The molecule has 0 aliphatic rings. The monoisotopic (exact) mass is 327 g/mol. The summed E-state index contributed by atoms with van der Waals surface area (Å²) in [6, 6.07) is 7.02. The van der Waals surface area contributed by atoms with Crippen LogP contribution in [0.4, 0.5) is 4.79 Å². The highest BCUT2D eigenvalue weighted by molar-refractivity contribution is 7.88. The summed E-state index contributed by atoms with van der Waals surface area (Å²) in [7, 11) is -1.91. The minimum Gasteiger partial charge on any atom is -0.335 e. The van der Waals surface area contributed by atoms with Crippen molar-refractivity contribution in [1.82, 2.24) is 15.4 Å². The molecule has 6 nitrogen and oxygen atoms in total. The van der Waals surface area contributed by atoms with Crippen LogP contribution in [-0.2, 0) is 22.3 Å². The molecular weight excluding hydrogens is 302 g/mol. The van der Waals surface area contributed by atoms with Gasteiger partial charge < -0.3 is 10.6 Å². The molecule has 0 aliphatic heterocycles. The number of nitrogens with one attached hydrogen (secondary N) is 3. The molecule has 1 rings (SSSR count). The number of rotatable bonds is 7. The molecule has 0 aliphatic carbocycles. The van der Waals surface area contributed by atoms with Crippen LogP contribution in [0.2, 0.25) is 0 Å². The summed E-state index contributed by atoms with van der Waals surface area (Å²) in [5.74, 6) is 0.286. The maximum Gasteiger partial charge on any atom is 0.315 e. The normalized spacial score (nSPS) is 13.0. The quantitative estimate of drug-likeness (QED) is 0.710. The third-order valence-corrected chi connectivity index (χ3v) is 4.81. The van der Waals surface area contributed by atoms with Crippen molar-refractivity contribution in [2.75, 3.05) is 7.05 Å². The minimum atomic E-state index is -3.30. The number of benzene rings is 1. The molecule has 1 atom stereocenters. The summed E-state index contributed by atoms with van der Waals surface area (Å²) < 4.78 is 25.4. The van der Waals surface area contributed by atoms with Crippen molar-refractivity contribution < 1.29 is 13.2 Å². The molecule has 22 heavy (non-hydrogen) atoms. The molecule has 0 bridgehead atoms. The molecule has 0 radical (unpaired) electrons. The van der Waals surface area contributed by atoms with Gasteiger partial charge in [0.1, 0.15) is 0 Å². The van der Waals surface area contributed by atoms with Crippen LogP contribution in [0.25, 0.3) is 0 Å². The van der Waals surface area contributed by atoms with Crippen molar-refractivity contribution in [3.8, 4) is 0 Å². The van der Waals surface area contributed by atoms with Crippen LogP contribution >= 0.6 is 0 Å². The zero-order valence-corrected chi connectivity index (χ0v) is 14.3. The maximum absolute atomic E-state index is 11.8. The van der Waals surface area contributed by atoms with Gasteiger partial charge in [-0.05, 0) is 31.0 Å². The SMILES string of the molecule is CNS(=O)(=O)Cc1cccc(CNC(=O)NC(C)C(C)C)c1. The largest absolute Gasteiger partial charge is 0.335 e. The van der Waals surface area contributed by atoms with Crippen LogP contribution in [0.5, 0.6) is 0 Å². The van der Waals surface area contributed by atoms with Crippen molar-refractivity contribution >= 4 is 16.1 Å². The van der Waals surface area contributed by atoms with E-state index in [4.69, 9.17) is 0 Å². The van der Waals surface area contributed by atoms with Gasteiger partial charge in [-0.15, -0.1) is 0 Å². The number of carbonyl (C=O) groups is 1. The maximum atomic E-state index is 11.8. The van der Waals surface area contributed by atoms with Crippen molar-refractivity contribution in [2.24, 2.45) is 5.92 Å². The van der Waals surface area contributed by atoms with Gasteiger partial charge in [-0.1, -0.05) is 38.1 Å². The molecule has 0 spiro atoms. The Morgan fingerprint density at radius 2 is 1.82 bits per heavy atom. The Labute approximate surface area is 132 Å². The first-order chi connectivity index (χ1) is 10.2. The third kappa shape index (κ3) is 6.44. The Hall–Kier alpha value is -1.60. The highest BCUT2D eigenvalue weighted by Gasteiger charge is 2.11. The molecule has 124 valence electrons. The van der Waals surface area contributed by atoms with Gasteiger partial charge >= 0.3 is 6.03 Å². The predicted molar refractivity (Wildman–Crippen MR) is 87.8 cm³/mol. The Kier molecular flexibility index (Phi) is 6.83. The molecule has 2 amide bonds. The summed E-state index contributed by atoms with van der Waals surface area (Å²) >= 11 is 0. The van der Waals surface area contributed by atoms with E-state index in [1.807, 2.05) is 26.8 Å². The van der Waals surface area contributed by atoms with Gasteiger partial charge in [0.05, 0.1) is 5.75 Å². The number of hydrogen-bond acceptors (Lipinski definition) is 3. The van der Waals surface area contributed by atoms with E-state index in [0.717, 1.165) is 5.56 Å². The Bertz CT molecular complexity index is 600. The van der Waals surface area contributed by atoms with Gasteiger partial charge in [-0.3, -0.25) is 0 Å². The second-order valence-electron chi connectivity index (χ2n) is 5.64. The van der Waals surface area contributed by atoms with Crippen molar-refractivity contribution in [1.29, 1.82) is 0 Å². The number of carbonyl (C=O) groups excluding carboxylic acids is 1. The smallest absolute Gasteiger partial charge is 0.315 e. The summed E-state index contributed by atoms with van der Waals surface area (Å²) in [5, 5.41) is 5.63. The lowest BCUT2D eigenvalue weighted by atomic mass is 10.1. The average molecular weight is 327 g/mol. The molecule has 1 aromatic rings. The third-order valence-electron chi connectivity index (χ3n) is 3.47. The van der Waals surface area contributed by atoms with Gasteiger partial charge in [0.15, 0.2) is 0 Å². The van der Waals surface area contributed by atoms with E-state index in [9.17, 15) is 13.2 Å². The lowest BCUT2D eigenvalue weighted by Crippen LogP contribution is -2.42. The first-order valence-corrected chi connectivity index (χ1v) is 8.92. The van der Waals surface area contributed by atoms with E-state index in [2.05, 4.69) is 15.4 Å². The fourth-order valence-electron chi connectivity index (χ4n) is 1.73. The summed E-state index contributed by atoms with van der Waals surface area (Å²) in [6.07, 6.45) is 0. The molecule has 3 N–H and O–H groups in total. The topological polar surface area (TPSA) is 87.3 Å². The van der Waals surface area contributed by atoms with Crippen LogP contribution in [-0.4, -0.2) is 27.5 Å². The molecular formula is C15H25N3O3S. The van der Waals surface area contributed by atoms with Crippen LogP contribution in [0, 0.1) is 5.92 Å². The van der Waals surface area contributed by atoms with Gasteiger partial charge in [0, 0.05) is 12.6 Å². The Morgan fingerprint density at radius 1 is 1.18 bits per heavy atom. The van der Waals surface area contributed by atoms with Crippen molar-refractivity contribution in [2.45, 2.75) is 39.1 Å². The predicted octanol–water partition coefficient (Wildman–Crippen LogP) is 1.58. The van der Waals surface area contributed by atoms with Gasteiger partial charge in [0.25, 0.3) is 0 Å². The average Bonchev–Trinajstić information content (AvgIpc) is 2.45. The summed E-state index contributed by atoms with van der Waals surface area (Å²) in [6.45, 7) is 6.38. The van der Waals surface area contributed by atoms with E-state index in [-0.39, 0.29) is 17.8 Å². The standard InChI is InChI=1S/C15H25N3O3S/c1-11(2)12(3)18-15(19)17-9-13-6-5-7-14(8-13)10-22(20,21)16-4/h5-8,11-12,16H,9-10H2,1-4H3,(H2,17,18,19). The first kappa shape index (κ1) is 18.4. The second-order valence-corrected chi connectivity index (χ2v) is 7.57. The van der Waals surface area contributed by atoms with Crippen LogP contribution < -0.4 is 15.4 Å².